The van der Waals surface area contributed by atoms with Crippen molar-refractivity contribution in [3.05, 3.63) is 0 Å². The van der Waals surface area contributed by atoms with E-state index in [0.717, 1.165) is 29.9 Å². The molecule has 1 nitrogen and oxygen atoms in total. The van der Waals surface area contributed by atoms with Crippen molar-refractivity contribution >= 4 is 5.71 Å². The van der Waals surface area contributed by atoms with Gasteiger partial charge in [0.1, 0.15) is 0 Å². The summed E-state index contributed by atoms with van der Waals surface area (Å²) in [5, 5.41) is 7.44. The van der Waals surface area contributed by atoms with Gasteiger partial charge in [0.25, 0.3) is 0 Å². The minimum Gasteiger partial charge on any atom is -0.310 e. The van der Waals surface area contributed by atoms with Crippen molar-refractivity contribution in [2.45, 2.75) is 39.0 Å². The van der Waals surface area contributed by atoms with Crippen molar-refractivity contribution in [1.82, 2.24) is 0 Å². The number of fused-ring (bicyclic) bond motifs is 2. The van der Waals surface area contributed by atoms with Crippen LogP contribution in [-0.4, -0.2) is 5.71 Å². The SMILES string of the molecule is CC(=N)CC1CC2CCC1C2. The van der Waals surface area contributed by atoms with E-state index >= 15 is 0 Å². The van der Waals surface area contributed by atoms with Crippen molar-refractivity contribution in [2.24, 2.45) is 17.8 Å². The average molecular weight is 151 g/mol. The molecule has 1 N–H and O–H groups in total. The first-order valence-corrected chi connectivity index (χ1v) is 4.79. The number of hydrogen-bond donors (Lipinski definition) is 1. The molecule has 2 aliphatic rings. The fraction of sp³-hybridized carbons (Fsp3) is 0.900. The molecule has 0 aromatic heterocycles. The zero-order valence-corrected chi connectivity index (χ0v) is 7.27. The minimum absolute atomic E-state index is 0.891. The van der Waals surface area contributed by atoms with Crippen LogP contribution in [0.3, 0.4) is 0 Å². The van der Waals surface area contributed by atoms with E-state index in [1.807, 2.05) is 6.92 Å². The summed E-state index contributed by atoms with van der Waals surface area (Å²) in [7, 11) is 0. The van der Waals surface area contributed by atoms with E-state index in [2.05, 4.69) is 0 Å². The van der Waals surface area contributed by atoms with Crippen LogP contribution in [0.15, 0.2) is 0 Å². The maximum atomic E-state index is 7.44. The van der Waals surface area contributed by atoms with Crippen molar-refractivity contribution < 1.29 is 0 Å². The molecular formula is C10H17N. The highest BCUT2D eigenvalue weighted by atomic mass is 14.5. The van der Waals surface area contributed by atoms with E-state index < -0.39 is 0 Å². The molecule has 1 heteroatoms. The van der Waals surface area contributed by atoms with Gasteiger partial charge in [-0.3, -0.25) is 0 Å². The van der Waals surface area contributed by atoms with Crippen LogP contribution in [0.5, 0.6) is 0 Å². The minimum atomic E-state index is 0.891. The van der Waals surface area contributed by atoms with Gasteiger partial charge in [0.15, 0.2) is 0 Å². The van der Waals surface area contributed by atoms with E-state index in [0.29, 0.717) is 0 Å². The lowest BCUT2D eigenvalue weighted by atomic mass is 9.85. The summed E-state index contributed by atoms with van der Waals surface area (Å²) in [6.45, 7) is 1.95. The molecule has 2 bridgehead atoms. The van der Waals surface area contributed by atoms with Gasteiger partial charge in [0.05, 0.1) is 0 Å². The van der Waals surface area contributed by atoms with Crippen LogP contribution in [0.4, 0.5) is 0 Å². The molecule has 0 radical (unpaired) electrons. The Kier molecular flexibility index (Phi) is 1.74. The Morgan fingerprint density at radius 2 is 2.18 bits per heavy atom. The molecule has 2 fully saturated rings. The van der Waals surface area contributed by atoms with Gasteiger partial charge in [0.2, 0.25) is 0 Å². The van der Waals surface area contributed by atoms with Gasteiger partial charge in [-0.1, -0.05) is 6.42 Å². The van der Waals surface area contributed by atoms with Gasteiger partial charge in [-0.15, -0.1) is 0 Å². The maximum absolute atomic E-state index is 7.44. The Labute approximate surface area is 68.7 Å². The van der Waals surface area contributed by atoms with E-state index in [1.54, 1.807) is 0 Å². The number of hydrogen-bond acceptors (Lipinski definition) is 1. The lowest BCUT2D eigenvalue weighted by Crippen LogP contribution is -2.13. The Morgan fingerprint density at radius 1 is 1.36 bits per heavy atom. The molecule has 0 spiro atoms. The van der Waals surface area contributed by atoms with Crippen molar-refractivity contribution in [3.8, 4) is 0 Å². The molecule has 62 valence electrons. The summed E-state index contributed by atoms with van der Waals surface area (Å²) in [5.74, 6) is 2.94. The second-order valence-corrected chi connectivity index (χ2v) is 4.42. The second kappa shape index (κ2) is 2.62. The zero-order chi connectivity index (χ0) is 7.84. The first kappa shape index (κ1) is 7.33. The predicted octanol–water partition coefficient (Wildman–Crippen LogP) is 2.85. The molecule has 3 atom stereocenters. The van der Waals surface area contributed by atoms with Crippen LogP contribution in [0, 0.1) is 23.2 Å². The topological polar surface area (TPSA) is 23.9 Å². The molecule has 3 unspecified atom stereocenters. The molecule has 2 aliphatic carbocycles. The molecule has 0 heterocycles. The smallest absolute Gasteiger partial charge is 0.00610 e. The molecular weight excluding hydrogens is 134 g/mol. The average Bonchev–Trinajstić information content (AvgIpc) is 2.45. The quantitative estimate of drug-likeness (QED) is 0.587. The Hall–Kier alpha value is -0.330. The third-order valence-electron chi connectivity index (χ3n) is 3.45. The molecule has 0 aromatic carbocycles. The van der Waals surface area contributed by atoms with Crippen molar-refractivity contribution in [3.63, 3.8) is 0 Å². The first-order chi connectivity index (χ1) is 5.25. The Morgan fingerprint density at radius 3 is 2.64 bits per heavy atom. The van der Waals surface area contributed by atoms with Crippen molar-refractivity contribution in [2.75, 3.05) is 0 Å². The lowest BCUT2D eigenvalue weighted by molar-refractivity contribution is 0.342. The standard InChI is InChI=1S/C10H17N/c1-7(11)4-10-6-8-2-3-9(10)5-8/h8-11H,2-6H2,1H3. The molecule has 0 amide bonds. The third kappa shape index (κ3) is 1.33. The van der Waals surface area contributed by atoms with Crippen LogP contribution in [0.1, 0.15) is 39.0 Å². The maximum Gasteiger partial charge on any atom is 0.00610 e. The van der Waals surface area contributed by atoms with Crippen molar-refractivity contribution in [1.29, 1.82) is 5.41 Å². The van der Waals surface area contributed by atoms with Gasteiger partial charge in [-0.05, 0) is 50.4 Å². The highest BCUT2D eigenvalue weighted by Gasteiger charge is 2.39. The van der Waals surface area contributed by atoms with Gasteiger partial charge < -0.3 is 5.41 Å². The largest absolute Gasteiger partial charge is 0.310 e. The highest BCUT2D eigenvalue weighted by molar-refractivity contribution is 5.78. The van der Waals surface area contributed by atoms with Gasteiger partial charge in [-0.2, -0.15) is 0 Å². The molecule has 2 rings (SSSR count). The van der Waals surface area contributed by atoms with Crippen LogP contribution >= 0.6 is 0 Å². The van der Waals surface area contributed by atoms with E-state index in [-0.39, 0.29) is 0 Å². The highest BCUT2D eigenvalue weighted by Crippen LogP contribution is 2.49. The summed E-state index contributed by atoms with van der Waals surface area (Å²) in [4.78, 5) is 0. The molecule has 11 heavy (non-hydrogen) atoms. The van der Waals surface area contributed by atoms with Gasteiger partial charge >= 0.3 is 0 Å². The molecule has 0 aliphatic heterocycles. The lowest BCUT2D eigenvalue weighted by Gasteiger charge is -2.20. The monoisotopic (exact) mass is 151 g/mol. The second-order valence-electron chi connectivity index (χ2n) is 4.42. The molecule has 2 saturated carbocycles. The van der Waals surface area contributed by atoms with E-state index in [9.17, 15) is 0 Å². The Bertz CT molecular complexity index is 174. The zero-order valence-electron chi connectivity index (χ0n) is 7.27. The summed E-state index contributed by atoms with van der Waals surface area (Å²) in [6, 6.07) is 0. The summed E-state index contributed by atoms with van der Waals surface area (Å²) >= 11 is 0. The summed E-state index contributed by atoms with van der Waals surface area (Å²) in [5.41, 5.74) is 0.891. The fourth-order valence-electron chi connectivity index (χ4n) is 3.02. The van der Waals surface area contributed by atoms with Crippen LogP contribution in [0.25, 0.3) is 0 Å². The van der Waals surface area contributed by atoms with Gasteiger partial charge in [0, 0.05) is 5.71 Å². The normalized spacial score (nSPS) is 41.4. The van der Waals surface area contributed by atoms with Crippen LogP contribution in [0.2, 0.25) is 0 Å². The van der Waals surface area contributed by atoms with E-state index in [4.69, 9.17) is 5.41 Å². The number of nitrogens with one attached hydrogen (secondary N) is 1. The van der Waals surface area contributed by atoms with Crippen LogP contribution < -0.4 is 0 Å². The van der Waals surface area contributed by atoms with Gasteiger partial charge in [-0.25, -0.2) is 0 Å². The molecule has 0 aromatic rings. The van der Waals surface area contributed by atoms with Crippen LogP contribution in [-0.2, 0) is 0 Å². The fourth-order valence-corrected chi connectivity index (χ4v) is 3.02. The Balaban J connectivity index is 1.92. The molecule has 0 saturated heterocycles. The summed E-state index contributed by atoms with van der Waals surface area (Å²) < 4.78 is 0. The summed E-state index contributed by atoms with van der Waals surface area (Å²) in [6.07, 6.45) is 6.95. The predicted molar refractivity (Wildman–Crippen MR) is 47.0 cm³/mol. The number of rotatable bonds is 2. The third-order valence-corrected chi connectivity index (χ3v) is 3.45. The first-order valence-electron chi connectivity index (χ1n) is 4.79. The van der Waals surface area contributed by atoms with E-state index in [1.165, 1.54) is 25.7 Å².